The second-order valence-electron chi connectivity index (χ2n) is 5.65. The van der Waals surface area contributed by atoms with Crippen LogP contribution >= 0.6 is 0 Å². The maximum absolute atomic E-state index is 12.0. The molecule has 1 aromatic rings. The molecule has 0 spiro atoms. The van der Waals surface area contributed by atoms with Crippen LogP contribution in [0.1, 0.15) is 24.8 Å². The number of anilines is 1. The number of amides is 1. The molecule has 1 aliphatic rings. The summed E-state index contributed by atoms with van der Waals surface area (Å²) in [6, 6.07) is 7.77. The molecule has 1 aliphatic carbocycles. The van der Waals surface area contributed by atoms with Gasteiger partial charge in [0.15, 0.2) is 0 Å². The van der Waals surface area contributed by atoms with Crippen LogP contribution in [0.15, 0.2) is 24.3 Å². The van der Waals surface area contributed by atoms with Crippen molar-refractivity contribution in [3.8, 4) is 0 Å². The summed E-state index contributed by atoms with van der Waals surface area (Å²) in [5.41, 5.74) is 2.01. The first-order chi connectivity index (χ1) is 10.0. The molecular formula is C16H22N2O3. The van der Waals surface area contributed by atoms with Gasteiger partial charge in [0, 0.05) is 18.8 Å². The minimum atomic E-state index is -0.856. The SMILES string of the molecule is Cc1ccc(N(CCC(=O)O)CC(=O)NCC2CC2)cc1. The Morgan fingerprint density at radius 3 is 2.52 bits per heavy atom. The molecule has 1 saturated carbocycles. The van der Waals surface area contributed by atoms with Gasteiger partial charge in [-0.2, -0.15) is 0 Å². The highest BCUT2D eigenvalue weighted by Crippen LogP contribution is 2.27. The van der Waals surface area contributed by atoms with E-state index in [0.29, 0.717) is 12.5 Å². The van der Waals surface area contributed by atoms with Gasteiger partial charge in [-0.1, -0.05) is 17.7 Å². The highest BCUT2D eigenvalue weighted by Gasteiger charge is 2.22. The maximum atomic E-state index is 12.0. The fourth-order valence-electron chi connectivity index (χ4n) is 2.10. The van der Waals surface area contributed by atoms with E-state index in [0.717, 1.165) is 17.8 Å². The first-order valence-corrected chi connectivity index (χ1v) is 7.34. The predicted octanol–water partition coefficient (Wildman–Crippen LogP) is 1.80. The third-order valence-electron chi connectivity index (χ3n) is 3.61. The number of hydrogen-bond acceptors (Lipinski definition) is 3. The Balaban J connectivity index is 1.94. The van der Waals surface area contributed by atoms with Crippen molar-refractivity contribution >= 4 is 17.6 Å². The number of nitrogens with one attached hydrogen (secondary N) is 1. The molecule has 0 aromatic heterocycles. The van der Waals surface area contributed by atoms with Crippen molar-refractivity contribution in [1.82, 2.24) is 5.32 Å². The maximum Gasteiger partial charge on any atom is 0.305 e. The normalized spacial score (nSPS) is 13.8. The van der Waals surface area contributed by atoms with Gasteiger partial charge >= 0.3 is 5.97 Å². The molecule has 0 atom stereocenters. The number of carbonyl (C=O) groups excluding carboxylic acids is 1. The Labute approximate surface area is 125 Å². The van der Waals surface area contributed by atoms with E-state index < -0.39 is 5.97 Å². The first-order valence-electron chi connectivity index (χ1n) is 7.34. The van der Waals surface area contributed by atoms with Crippen molar-refractivity contribution < 1.29 is 14.7 Å². The molecule has 1 amide bonds. The molecule has 5 nitrogen and oxygen atoms in total. The summed E-state index contributed by atoms with van der Waals surface area (Å²) >= 11 is 0. The zero-order valence-electron chi connectivity index (χ0n) is 12.3. The largest absolute Gasteiger partial charge is 0.481 e. The van der Waals surface area contributed by atoms with Crippen LogP contribution in [0.3, 0.4) is 0 Å². The van der Waals surface area contributed by atoms with E-state index in [2.05, 4.69) is 5.32 Å². The summed E-state index contributed by atoms with van der Waals surface area (Å²) in [7, 11) is 0. The predicted molar refractivity (Wildman–Crippen MR) is 81.4 cm³/mol. The van der Waals surface area contributed by atoms with E-state index in [4.69, 9.17) is 5.11 Å². The molecule has 114 valence electrons. The smallest absolute Gasteiger partial charge is 0.305 e. The fourth-order valence-corrected chi connectivity index (χ4v) is 2.10. The van der Waals surface area contributed by atoms with Gasteiger partial charge in [0.25, 0.3) is 0 Å². The van der Waals surface area contributed by atoms with E-state index in [9.17, 15) is 9.59 Å². The third-order valence-corrected chi connectivity index (χ3v) is 3.61. The van der Waals surface area contributed by atoms with Gasteiger partial charge in [0.1, 0.15) is 0 Å². The summed E-state index contributed by atoms with van der Waals surface area (Å²) < 4.78 is 0. The van der Waals surface area contributed by atoms with Crippen LogP contribution < -0.4 is 10.2 Å². The fraction of sp³-hybridized carbons (Fsp3) is 0.500. The van der Waals surface area contributed by atoms with Crippen molar-refractivity contribution in [2.24, 2.45) is 5.92 Å². The average Bonchev–Trinajstić information content (AvgIpc) is 3.26. The minimum absolute atomic E-state index is 0.0176. The molecule has 1 aromatic carbocycles. The van der Waals surface area contributed by atoms with Gasteiger partial charge in [0.05, 0.1) is 13.0 Å². The van der Waals surface area contributed by atoms with Crippen molar-refractivity contribution in [2.45, 2.75) is 26.2 Å². The van der Waals surface area contributed by atoms with Gasteiger partial charge in [0.2, 0.25) is 5.91 Å². The zero-order valence-corrected chi connectivity index (χ0v) is 12.3. The lowest BCUT2D eigenvalue weighted by Crippen LogP contribution is -2.39. The first kappa shape index (κ1) is 15.4. The molecule has 21 heavy (non-hydrogen) atoms. The second-order valence-corrected chi connectivity index (χ2v) is 5.65. The van der Waals surface area contributed by atoms with Crippen LogP contribution in [0, 0.1) is 12.8 Å². The molecule has 0 radical (unpaired) electrons. The average molecular weight is 290 g/mol. The van der Waals surface area contributed by atoms with E-state index >= 15 is 0 Å². The molecule has 0 bridgehead atoms. The van der Waals surface area contributed by atoms with Crippen LogP contribution in [0.25, 0.3) is 0 Å². The number of aliphatic carboxylic acids is 1. The highest BCUT2D eigenvalue weighted by atomic mass is 16.4. The summed E-state index contributed by atoms with van der Waals surface area (Å²) in [4.78, 5) is 24.6. The van der Waals surface area contributed by atoms with Gasteiger partial charge in [-0.3, -0.25) is 9.59 Å². The quantitative estimate of drug-likeness (QED) is 0.766. The number of nitrogens with zero attached hydrogens (tertiary/aromatic N) is 1. The Kier molecular flexibility index (Phi) is 5.20. The summed E-state index contributed by atoms with van der Waals surface area (Å²) in [6.45, 7) is 3.26. The van der Waals surface area contributed by atoms with Crippen LogP contribution in [0.5, 0.6) is 0 Å². The van der Waals surface area contributed by atoms with Crippen molar-refractivity contribution in [1.29, 1.82) is 0 Å². The topological polar surface area (TPSA) is 69.6 Å². The molecular weight excluding hydrogens is 268 g/mol. The number of carboxylic acids is 1. The van der Waals surface area contributed by atoms with Gasteiger partial charge in [-0.05, 0) is 37.8 Å². The Bertz CT molecular complexity index is 495. The van der Waals surface area contributed by atoms with Crippen LogP contribution in [-0.2, 0) is 9.59 Å². The molecule has 0 unspecified atom stereocenters. The number of hydrogen-bond donors (Lipinski definition) is 2. The zero-order chi connectivity index (χ0) is 15.2. The molecule has 2 rings (SSSR count). The molecule has 1 fully saturated rings. The lowest BCUT2D eigenvalue weighted by Gasteiger charge is -2.23. The van der Waals surface area contributed by atoms with Crippen molar-refractivity contribution in [3.63, 3.8) is 0 Å². The van der Waals surface area contributed by atoms with Gasteiger partial charge in [-0.15, -0.1) is 0 Å². The summed E-state index contributed by atoms with van der Waals surface area (Å²) in [5, 5.41) is 11.8. The second kappa shape index (κ2) is 7.11. The number of rotatable bonds is 8. The van der Waals surface area contributed by atoms with E-state index in [1.54, 1.807) is 0 Å². The highest BCUT2D eigenvalue weighted by molar-refractivity contribution is 5.81. The number of aryl methyl sites for hydroxylation is 1. The van der Waals surface area contributed by atoms with Crippen molar-refractivity contribution in [2.75, 3.05) is 24.5 Å². The molecule has 5 heteroatoms. The van der Waals surface area contributed by atoms with Gasteiger partial charge < -0.3 is 15.3 Å². The number of carbonyl (C=O) groups is 2. The minimum Gasteiger partial charge on any atom is -0.481 e. The summed E-state index contributed by atoms with van der Waals surface area (Å²) in [6.07, 6.45) is 2.41. The van der Waals surface area contributed by atoms with Crippen molar-refractivity contribution in [3.05, 3.63) is 29.8 Å². The number of carboxylic acid groups (broad SMARTS) is 1. The molecule has 2 N–H and O–H groups in total. The number of benzene rings is 1. The Morgan fingerprint density at radius 1 is 1.29 bits per heavy atom. The standard InChI is InChI=1S/C16H22N2O3/c1-12-2-6-14(7-3-12)18(9-8-16(20)21)11-15(19)17-10-13-4-5-13/h2-3,6-7,13H,4-5,8-11H2,1H3,(H,17,19)(H,20,21). The van der Waals surface area contributed by atoms with Crippen LogP contribution in [0.4, 0.5) is 5.69 Å². The molecule has 0 saturated heterocycles. The summed E-state index contributed by atoms with van der Waals surface area (Å²) in [5.74, 6) is -0.265. The van der Waals surface area contributed by atoms with Crippen LogP contribution in [0.2, 0.25) is 0 Å². The van der Waals surface area contributed by atoms with Gasteiger partial charge in [-0.25, -0.2) is 0 Å². The van der Waals surface area contributed by atoms with E-state index in [1.165, 1.54) is 12.8 Å². The Morgan fingerprint density at radius 2 is 1.95 bits per heavy atom. The lowest BCUT2D eigenvalue weighted by atomic mass is 10.2. The molecule has 0 heterocycles. The van der Waals surface area contributed by atoms with E-state index in [-0.39, 0.29) is 18.9 Å². The third kappa shape index (κ3) is 5.45. The monoisotopic (exact) mass is 290 g/mol. The van der Waals surface area contributed by atoms with Crippen LogP contribution in [-0.4, -0.2) is 36.6 Å². The Hall–Kier alpha value is -2.04. The molecule has 0 aliphatic heterocycles. The lowest BCUT2D eigenvalue weighted by molar-refractivity contribution is -0.136. The van der Waals surface area contributed by atoms with E-state index in [1.807, 2.05) is 36.1 Å².